The van der Waals surface area contributed by atoms with E-state index in [2.05, 4.69) is 0 Å². The zero-order chi connectivity index (χ0) is 36.5. The number of methoxy groups -OCH3 is 3. The molecule has 0 bridgehead atoms. The normalized spacial score (nSPS) is 19.7. The van der Waals surface area contributed by atoms with Crippen LogP contribution in [0.15, 0.2) is 69.9 Å². The first-order valence-electron chi connectivity index (χ1n) is 15.2. The Morgan fingerprint density at radius 2 is 1.42 bits per heavy atom. The number of imide groups is 1. The molecule has 0 aliphatic carbocycles. The molecule has 1 aliphatic rings. The molecule has 4 atom stereocenters. The van der Waals surface area contributed by atoms with Gasteiger partial charge in [0.1, 0.15) is 28.9 Å². The topological polar surface area (TPSA) is 207 Å². The average molecular weight is 693 g/mol. The van der Waals surface area contributed by atoms with E-state index in [9.17, 15) is 29.4 Å². The standard InChI is InChI=1S/C35H36N2O13/c1-17-23(47-33-26(39)28(49-34(36)43)29(46-6)35(2,3)50-33)16-15-22-25(38)24(32(42)48-27(17)22)37(30(40)18-7-11-20(44-4)12-8-18)31(41)19-9-13-21(45-5)14-10-19/h7-16,26,28-29,33,38-39H,1-6H3,(H2,36,43)/t26-,28+,29-,33-/m1/s1. The highest BCUT2D eigenvalue weighted by molar-refractivity contribution is 6.26. The van der Waals surface area contributed by atoms with Crippen LogP contribution in [0.2, 0.25) is 0 Å². The first-order chi connectivity index (χ1) is 23.7. The van der Waals surface area contributed by atoms with Gasteiger partial charge in [-0.1, -0.05) is 0 Å². The minimum absolute atomic E-state index is 0.00906. The molecule has 15 nitrogen and oxygen atoms in total. The van der Waals surface area contributed by atoms with Crippen LogP contribution in [0.5, 0.6) is 23.0 Å². The Labute approximate surface area is 285 Å². The maximum atomic E-state index is 13.9. The lowest BCUT2D eigenvalue weighted by Crippen LogP contribution is -2.65. The molecule has 0 spiro atoms. The summed E-state index contributed by atoms with van der Waals surface area (Å²) < 4.78 is 38.5. The Kier molecular flexibility index (Phi) is 10.0. The first kappa shape index (κ1) is 35.7. The van der Waals surface area contributed by atoms with E-state index < -0.39 is 65.2 Å². The molecule has 1 saturated heterocycles. The van der Waals surface area contributed by atoms with Gasteiger partial charge in [0.2, 0.25) is 6.29 Å². The summed E-state index contributed by atoms with van der Waals surface area (Å²) in [4.78, 5) is 53.7. The van der Waals surface area contributed by atoms with Gasteiger partial charge in [-0.2, -0.15) is 0 Å². The summed E-state index contributed by atoms with van der Waals surface area (Å²) in [5.74, 6) is -1.63. The third-order valence-electron chi connectivity index (χ3n) is 8.30. The number of aromatic hydroxyl groups is 1. The number of primary amides is 1. The SMILES string of the molecule is COc1ccc(C(=O)N(C(=O)c2ccc(OC)cc2)c2c(O)c3ccc(O[C@@H]4OC(C)(C)[C@H](OC)[C@@H](OC(N)=O)[C@H]4O)c(C)c3oc2=O)cc1. The molecule has 2 heterocycles. The van der Waals surface area contributed by atoms with Crippen LogP contribution in [-0.4, -0.2) is 79.7 Å². The van der Waals surface area contributed by atoms with Gasteiger partial charge in [-0.15, -0.1) is 0 Å². The van der Waals surface area contributed by atoms with E-state index in [0.717, 1.165) is 0 Å². The van der Waals surface area contributed by atoms with Crippen molar-refractivity contribution in [3.8, 4) is 23.0 Å². The second kappa shape index (κ2) is 14.1. The molecule has 4 aromatic rings. The van der Waals surface area contributed by atoms with Crippen molar-refractivity contribution in [3.63, 3.8) is 0 Å². The second-order valence-electron chi connectivity index (χ2n) is 11.8. The molecule has 3 aromatic carbocycles. The van der Waals surface area contributed by atoms with Crippen molar-refractivity contribution < 1.29 is 57.4 Å². The number of carbonyl (C=O) groups is 3. The van der Waals surface area contributed by atoms with Crippen molar-refractivity contribution >= 4 is 34.6 Å². The number of ether oxygens (including phenoxy) is 6. The second-order valence-corrected chi connectivity index (χ2v) is 11.8. The van der Waals surface area contributed by atoms with Crippen LogP contribution in [0, 0.1) is 6.92 Å². The molecule has 0 radical (unpaired) electrons. The number of hydrogen-bond donors (Lipinski definition) is 3. The number of nitrogens with zero attached hydrogens (tertiary/aromatic N) is 1. The quantitative estimate of drug-likeness (QED) is 0.169. The summed E-state index contributed by atoms with van der Waals surface area (Å²) in [6.45, 7) is 4.79. The summed E-state index contributed by atoms with van der Waals surface area (Å²) >= 11 is 0. The van der Waals surface area contributed by atoms with Gasteiger partial charge in [0, 0.05) is 23.8 Å². The summed E-state index contributed by atoms with van der Waals surface area (Å²) in [5, 5.41) is 22.6. The molecule has 264 valence electrons. The molecule has 1 aliphatic heterocycles. The zero-order valence-electron chi connectivity index (χ0n) is 28.0. The number of carbonyl (C=O) groups excluding carboxylic acids is 3. The number of benzene rings is 3. The van der Waals surface area contributed by atoms with Crippen LogP contribution in [0.1, 0.15) is 40.1 Å². The van der Waals surface area contributed by atoms with E-state index in [1.54, 1.807) is 13.8 Å². The highest BCUT2D eigenvalue weighted by Crippen LogP contribution is 2.40. The minimum atomic E-state index is -1.57. The molecule has 0 unspecified atom stereocenters. The van der Waals surface area contributed by atoms with Gasteiger partial charge in [0.05, 0.1) is 25.2 Å². The lowest BCUT2D eigenvalue weighted by atomic mass is 9.89. The number of rotatable bonds is 9. The molecule has 1 aromatic heterocycles. The molecule has 3 amide bonds. The van der Waals surface area contributed by atoms with Crippen molar-refractivity contribution in [3.05, 3.63) is 87.8 Å². The Balaban J connectivity index is 1.58. The number of aliphatic hydroxyl groups is 1. The summed E-state index contributed by atoms with van der Waals surface area (Å²) in [5.41, 5.74) is 2.21. The van der Waals surface area contributed by atoms with Crippen molar-refractivity contribution in [1.82, 2.24) is 0 Å². The predicted molar refractivity (Wildman–Crippen MR) is 177 cm³/mol. The van der Waals surface area contributed by atoms with Gasteiger partial charge in [-0.3, -0.25) is 9.59 Å². The molecule has 5 rings (SSSR count). The molecule has 0 saturated carbocycles. The number of nitrogens with two attached hydrogens (primary N) is 1. The Hall–Kier alpha value is -5.64. The van der Waals surface area contributed by atoms with Gasteiger partial charge in [-0.25, -0.2) is 14.5 Å². The highest BCUT2D eigenvalue weighted by Gasteiger charge is 2.53. The van der Waals surface area contributed by atoms with E-state index >= 15 is 0 Å². The number of aliphatic hydroxyl groups excluding tert-OH is 1. The molecule has 4 N–H and O–H groups in total. The minimum Gasteiger partial charge on any atom is -0.505 e. The van der Waals surface area contributed by atoms with Gasteiger partial charge in [0.15, 0.2) is 23.6 Å². The van der Waals surface area contributed by atoms with Crippen LogP contribution in [-0.2, 0) is 14.2 Å². The van der Waals surface area contributed by atoms with Crippen LogP contribution >= 0.6 is 0 Å². The fourth-order valence-corrected chi connectivity index (χ4v) is 5.77. The van der Waals surface area contributed by atoms with Crippen LogP contribution in [0.25, 0.3) is 11.0 Å². The molecular weight excluding hydrogens is 656 g/mol. The van der Waals surface area contributed by atoms with Gasteiger partial charge >= 0.3 is 11.7 Å². The summed E-state index contributed by atoms with van der Waals surface area (Å²) in [6.07, 6.45) is -6.32. The van der Waals surface area contributed by atoms with Crippen LogP contribution < -0.4 is 30.5 Å². The van der Waals surface area contributed by atoms with Gasteiger partial charge in [-0.05, 0) is 81.4 Å². The number of fused-ring (bicyclic) bond motifs is 1. The van der Waals surface area contributed by atoms with E-state index in [4.69, 9.17) is 38.6 Å². The van der Waals surface area contributed by atoms with E-state index in [-0.39, 0.29) is 33.4 Å². The monoisotopic (exact) mass is 692 g/mol. The fourth-order valence-electron chi connectivity index (χ4n) is 5.77. The van der Waals surface area contributed by atoms with Crippen LogP contribution in [0.3, 0.4) is 0 Å². The van der Waals surface area contributed by atoms with Gasteiger partial charge in [0.25, 0.3) is 11.8 Å². The van der Waals surface area contributed by atoms with E-state index in [1.807, 2.05) is 0 Å². The van der Waals surface area contributed by atoms with E-state index in [0.29, 0.717) is 16.4 Å². The van der Waals surface area contributed by atoms with Crippen LogP contribution in [0.4, 0.5) is 10.5 Å². The van der Waals surface area contributed by atoms with E-state index in [1.165, 1.54) is 88.9 Å². The lowest BCUT2D eigenvalue weighted by Gasteiger charge is -2.47. The van der Waals surface area contributed by atoms with Crippen molar-refractivity contribution in [2.45, 2.75) is 51.0 Å². The number of hydrogen-bond acceptors (Lipinski definition) is 13. The maximum Gasteiger partial charge on any atom is 0.404 e. The van der Waals surface area contributed by atoms with Crippen molar-refractivity contribution in [2.24, 2.45) is 5.73 Å². The first-order valence-corrected chi connectivity index (χ1v) is 15.2. The average Bonchev–Trinajstić information content (AvgIpc) is 3.09. The predicted octanol–water partition coefficient (Wildman–Crippen LogP) is 3.66. The summed E-state index contributed by atoms with van der Waals surface area (Å²) in [6, 6.07) is 14.4. The lowest BCUT2D eigenvalue weighted by molar-refractivity contribution is -0.304. The van der Waals surface area contributed by atoms with Crippen molar-refractivity contribution in [1.29, 1.82) is 0 Å². The largest absolute Gasteiger partial charge is 0.505 e. The molecule has 50 heavy (non-hydrogen) atoms. The third kappa shape index (κ3) is 6.65. The Morgan fingerprint density at radius 1 is 0.880 bits per heavy atom. The fraction of sp³-hybridized carbons (Fsp3) is 0.314. The molecule has 15 heteroatoms. The Bertz CT molecular complexity index is 1910. The Morgan fingerprint density at radius 3 is 1.90 bits per heavy atom. The zero-order valence-corrected chi connectivity index (χ0v) is 28.0. The molecular formula is C35H36N2O13. The molecule has 1 fully saturated rings. The smallest absolute Gasteiger partial charge is 0.404 e. The maximum absolute atomic E-state index is 13.9. The van der Waals surface area contributed by atoms with Gasteiger partial charge < -0.3 is 48.8 Å². The highest BCUT2D eigenvalue weighted by atomic mass is 16.7. The number of aryl methyl sites for hydroxylation is 1. The third-order valence-corrected chi connectivity index (χ3v) is 8.30. The number of amides is 3. The van der Waals surface area contributed by atoms with Crippen molar-refractivity contribution in [2.75, 3.05) is 26.2 Å². The number of anilines is 1. The summed E-state index contributed by atoms with van der Waals surface area (Å²) in [7, 11) is 4.25.